The molecule has 1 aliphatic heterocycles. The lowest BCUT2D eigenvalue weighted by atomic mass is 10.1. The van der Waals surface area contributed by atoms with Crippen LogP contribution < -0.4 is 10.6 Å². The van der Waals surface area contributed by atoms with Crippen LogP contribution in [0.25, 0.3) is 0 Å². The molecule has 1 aromatic rings. The van der Waals surface area contributed by atoms with Crippen LogP contribution in [0.3, 0.4) is 0 Å². The van der Waals surface area contributed by atoms with Gasteiger partial charge in [-0.15, -0.1) is 0 Å². The zero-order valence-electron chi connectivity index (χ0n) is 10.0. The molecule has 0 amide bonds. The first kappa shape index (κ1) is 11.8. The highest BCUT2D eigenvalue weighted by Gasteiger charge is 2.20. The molecule has 2 rings (SSSR count). The van der Waals surface area contributed by atoms with Crippen LogP contribution in [0.5, 0.6) is 0 Å². The van der Waals surface area contributed by atoms with Crippen LogP contribution in [-0.2, 0) is 0 Å². The van der Waals surface area contributed by atoms with E-state index in [1.54, 1.807) is 0 Å². The van der Waals surface area contributed by atoms with Crippen molar-refractivity contribution in [1.82, 2.24) is 0 Å². The molecule has 16 heavy (non-hydrogen) atoms. The second-order valence-corrected chi connectivity index (χ2v) is 5.66. The molecule has 2 atom stereocenters. The van der Waals surface area contributed by atoms with E-state index in [1.807, 2.05) is 6.92 Å². The van der Waals surface area contributed by atoms with Crippen LogP contribution in [0.1, 0.15) is 24.9 Å². The fourth-order valence-corrected chi connectivity index (χ4v) is 3.32. The van der Waals surface area contributed by atoms with E-state index in [0.717, 1.165) is 0 Å². The molecule has 0 spiro atoms. The van der Waals surface area contributed by atoms with Gasteiger partial charge in [-0.3, -0.25) is 0 Å². The van der Waals surface area contributed by atoms with Crippen LogP contribution in [0.2, 0.25) is 0 Å². The standard InChI is InChI=1S/C13H20N2S/c1-10(14)11-3-5-12(6-4-11)15(2)13-7-8-16-9-13/h3-6,10,13H,7-9,14H2,1-2H3/t10-,13?/m0/s1. The van der Waals surface area contributed by atoms with Crippen LogP contribution in [-0.4, -0.2) is 24.6 Å². The summed E-state index contributed by atoms with van der Waals surface area (Å²) in [6.45, 7) is 2.02. The van der Waals surface area contributed by atoms with Gasteiger partial charge in [0.05, 0.1) is 0 Å². The molecule has 0 bridgehead atoms. The summed E-state index contributed by atoms with van der Waals surface area (Å²) in [5.41, 5.74) is 8.35. The molecular weight excluding hydrogens is 216 g/mol. The lowest BCUT2D eigenvalue weighted by molar-refractivity contribution is 0.699. The first-order valence-corrected chi connectivity index (χ1v) is 7.00. The minimum atomic E-state index is 0.126. The van der Waals surface area contributed by atoms with Gasteiger partial charge in [0.15, 0.2) is 0 Å². The Morgan fingerprint density at radius 2 is 2.06 bits per heavy atom. The Bertz CT molecular complexity index is 328. The van der Waals surface area contributed by atoms with E-state index in [4.69, 9.17) is 5.73 Å². The summed E-state index contributed by atoms with van der Waals surface area (Å²) in [4.78, 5) is 2.39. The first-order chi connectivity index (χ1) is 7.68. The highest BCUT2D eigenvalue weighted by molar-refractivity contribution is 7.99. The third kappa shape index (κ3) is 2.53. The normalized spacial score (nSPS) is 22.1. The van der Waals surface area contributed by atoms with Crippen molar-refractivity contribution in [3.05, 3.63) is 29.8 Å². The minimum absolute atomic E-state index is 0.126. The van der Waals surface area contributed by atoms with Crippen molar-refractivity contribution in [2.45, 2.75) is 25.4 Å². The number of hydrogen-bond acceptors (Lipinski definition) is 3. The van der Waals surface area contributed by atoms with Gasteiger partial charge in [-0.05, 0) is 36.8 Å². The lowest BCUT2D eigenvalue weighted by Crippen LogP contribution is -2.31. The van der Waals surface area contributed by atoms with E-state index in [2.05, 4.69) is 48.0 Å². The summed E-state index contributed by atoms with van der Waals surface area (Å²) in [5.74, 6) is 2.55. The summed E-state index contributed by atoms with van der Waals surface area (Å²) < 4.78 is 0. The molecule has 1 aliphatic rings. The zero-order valence-corrected chi connectivity index (χ0v) is 10.8. The second kappa shape index (κ2) is 5.11. The number of anilines is 1. The van der Waals surface area contributed by atoms with Gasteiger partial charge in [-0.2, -0.15) is 11.8 Å². The Morgan fingerprint density at radius 3 is 2.56 bits per heavy atom. The van der Waals surface area contributed by atoms with Crippen molar-refractivity contribution < 1.29 is 0 Å². The SMILES string of the molecule is C[C@H](N)c1ccc(N(C)C2CCSC2)cc1. The van der Waals surface area contributed by atoms with Gasteiger partial charge in [-0.25, -0.2) is 0 Å². The van der Waals surface area contributed by atoms with Crippen molar-refractivity contribution in [3.8, 4) is 0 Å². The van der Waals surface area contributed by atoms with Gasteiger partial charge < -0.3 is 10.6 Å². The average molecular weight is 236 g/mol. The fourth-order valence-electron chi connectivity index (χ4n) is 2.05. The fraction of sp³-hybridized carbons (Fsp3) is 0.538. The molecule has 1 heterocycles. The predicted molar refractivity (Wildman–Crippen MR) is 73.2 cm³/mol. The molecule has 1 saturated heterocycles. The number of nitrogens with two attached hydrogens (primary N) is 1. The molecule has 2 nitrogen and oxygen atoms in total. The van der Waals surface area contributed by atoms with Gasteiger partial charge in [-0.1, -0.05) is 12.1 Å². The quantitative estimate of drug-likeness (QED) is 0.875. The maximum atomic E-state index is 5.85. The molecule has 1 unspecified atom stereocenters. The average Bonchev–Trinajstić information content (AvgIpc) is 2.81. The molecule has 1 aromatic carbocycles. The minimum Gasteiger partial charge on any atom is -0.371 e. The molecule has 1 fully saturated rings. The molecule has 0 radical (unpaired) electrons. The Kier molecular flexibility index (Phi) is 3.77. The maximum Gasteiger partial charge on any atom is 0.0385 e. The van der Waals surface area contributed by atoms with Crippen LogP contribution in [0.15, 0.2) is 24.3 Å². The molecule has 0 aliphatic carbocycles. The zero-order chi connectivity index (χ0) is 11.5. The van der Waals surface area contributed by atoms with E-state index in [-0.39, 0.29) is 6.04 Å². The summed E-state index contributed by atoms with van der Waals surface area (Å²) in [6.07, 6.45) is 1.30. The number of thioether (sulfide) groups is 1. The highest BCUT2D eigenvalue weighted by atomic mass is 32.2. The van der Waals surface area contributed by atoms with E-state index in [9.17, 15) is 0 Å². The van der Waals surface area contributed by atoms with Gasteiger partial charge in [0.2, 0.25) is 0 Å². The third-order valence-electron chi connectivity index (χ3n) is 3.28. The first-order valence-electron chi connectivity index (χ1n) is 5.84. The van der Waals surface area contributed by atoms with Crippen molar-refractivity contribution in [1.29, 1.82) is 0 Å². The van der Waals surface area contributed by atoms with Crippen LogP contribution >= 0.6 is 11.8 Å². The highest BCUT2D eigenvalue weighted by Crippen LogP contribution is 2.26. The van der Waals surface area contributed by atoms with E-state index < -0.39 is 0 Å². The molecule has 0 aromatic heterocycles. The summed E-state index contributed by atoms with van der Waals surface area (Å²) >= 11 is 2.05. The Balaban J connectivity index is 2.08. The molecule has 3 heteroatoms. The van der Waals surface area contributed by atoms with Gasteiger partial charge in [0, 0.05) is 30.6 Å². The van der Waals surface area contributed by atoms with E-state index in [0.29, 0.717) is 6.04 Å². The van der Waals surface area contributed by atoms with Crippen molar-refractivity contribution in [3.63, 3.8) is 0 Å². The molecule has 88 valence electrons. The third-order valence-corrected chi connectivity index (χ3v) is 4.42. The largest absolute Gasteiger partial charge is 0.371 e. The summed E-state index contributed by atoms with van der Waals surface area (Å²) in [6, 6.07) is 9.47. The predicted octanol–water partition coefficient (Wildman–Crippen LogP) is 2.65. The van der Waals surface area contributed by atoms with Crippen molar-refractivity contribution in [2.75, 3.05) is 23.5 Å². The Labute approximate surface area is 102 Å². The summed E-state index contributed by atoms with van der Waals surface area (Å²) in [5, 5.41) is 0. The lowest BCUT2D eigenvalue weighted by Gasteiger charge is -2.26. The summed E-state index contributed by atoms with van der Waals surface area (Å²) in [7, 11) is 2.19. The monoisotopic (exact) mass is 236 g/mol. The second-order valence-electron chi connectivity index (χ2n) is 4.51. The van der Waals surface area contributed by atoms with Gasteiger partial charge >= 0.3 is 0 Å². The smallest absolute Gasteiger partial charge is 0.0385 e. The number of nitrogens with zero attached hydrogens (tertiary/aromatic N) is 1. The Hall–Kier alpha value is -0.670. The molecule has 2 N–H and O–H groups in total. The molecule has 0 saturated carbocycles. The van der Waals surface area contributed by atoms with Crippen molar-refractivity contribution >= 4 is 17.4 Å². The number of benzene rings is 1. The van der Waals surface area contributed by atoms with Crippen LogP contribution in [0, 0.1) is 0 Å². The van der Waals surface area contributed by atoms with E-state index in [1.165, 1.54) is 29.2 Å². The number of rotatable bonds is 3. The number of hydrogen-bond donors (Lipinski definition) is 1. The van der Waals surface area contributed by atoms with Crippen molar-refractivity contribution in [2.24, 2.45) is 5.73 Å². The van der Waals surface area contributed by atoms with Crippen LogP contribution in [0.4, 0.5) is 5.69 Å². The van der Waals surface area contributed by atoms with E-state index >= 15 is 0 Å². The van der Waals surface area contributed by atoms with Gasteiger partial charge in [0.25, 0.3) is 0 Å². The molecular formula is C13H20N2S. The Morgan fingerprint density at radius 1 is 1.38 bits per heavy atom. The topological polar surface area (TPSA) is 29.3 Å². The van der Waals surface area contributed by atoms with Gasteiger partial charge in [0.1, 0.15) is 0 Å². The maximum absolute atomic E-state index is 5.85.